The average molecular weight is 442 g/mol. The van der Waals surface area contributed by atoms with Crippen LogP contribution in [-0.2, 0) is 20.2 Å². The molecule has 29 heavy (non-hydrogen) atoms. The number of hydrogen-bond donors (Lipinski definition) is 6. The molecule has 0 aliphatic heterocycles. The van der Waals surface area contributed by atoms with Crippen molar-refractivity contribution in [3.63, 3.8) is 0 Å². The summed E-state index contributed by atoms with van der Waals surface area (Å²) in [6.45, 7) is 0. The maximum Gasteiger partial charge on any atom is 0.302 e. The summed E-state index contributed by atoms with van der Waals surface area (Å²) in [4.78, 5) is -4.33. The first-order valence-corrected chi connectivity index (χ1v) is 10.7. The third-order valence-electron chi connectivity index (χ3n) is 3.85. The van der Waals surface area contributed by atoms with E-state index in [9.17, 15) is 36.2 Å². The number of rotatable bonds is 6. The number of benzene rings is 2. The van der Waals surface area contributed by atoms with Gasteiger partial charge in [-0.2, -0.15) is 16.8 Å². The Hall–Kier alpha value is -2.74. The number of hydrogen-bond acceptors (Lipinski definition) is 8. The molecule has 0 unspecified atom stereocenters. The van der Waals surface area contributed by atoms with Crippen molar-refractivity contribution < 1.29 is 36.2 Å². The summed E-state index contributed by atoms with van der Waals surface area (Å²) in [5.74, 6) is -0.796. The van der Waals surface area contributed by atoms with E-state index in [4.69, 9.17) is 11.5 Å². The summed E-state index contributed by atoms with van der Waals surface area (Å²) in [6.07, 6.45) is 1.50. The number of aromatic hydroxyl groups is 2. The summed E-state index contributed by atoms with van der Waals surface area (Å²) in [7, 11) is -10.5. The van der Waals surface area contributed by atoms with Crippen LogP contribution in [0.25, 0.3) is 12.2 Å². The van der Waals surface area contributed by atoms with Gasteiger partial charge in [-0.25, -0.2) is 0 Å². The molecule has 0 aliphatic carbocycles. The molecular formula is C17H18N2O8S2. The maximum absolute atomic E-state index is 12.1. The van der Waals surface area contributed by atoms with Crippen LogP contribution in [0.3, 0.4) is 0 Å². The van der Waals surface area contributed by atoms with Crippen molar-refractivity contribution in [2.24, 2.45) is 11.5 Å². The van der Waals surface area contributed by atoms with E-state index in [1.165, 1.54) is 48.5 Å². The number of nitrogens with two attached hydrogens (primary N) is 2. The fourth-order valence-electron chi connectivity index (χ4n) is 2.32. The van der Waals surface area contributed by atoms with Gasteiger partial charge in [-0.3, -0.25) is 20.6 Å². The van der Waals surface area contributed by atoms with Crippen LogP contribution in [0.4, 0.5) is 0 Å². The fourth-order valence-corrected chi connectivity index (χ4v) is 3.62. The molecule has 0 amide bonds. The highest BCUT2D eigenvalue weighted by atomic mass is 32.2. The first-order chi connectivity index (χ1) is 13.2. The molecule has 12 heteroatoms. The van der Waals surface area contributed by atoms with Crippen LogP contribution in [0.5, 0.6) is 11.5 Å². The Kier molecular flexibility index (Phi) is 6.18. The van der Waals surface area contributed by atoms with Gasteiger partial charge in [0.1, 0.15) is 16.4 Å². The van der Waals surface area contributed by atoms with Crippen molar-refractivity contribution in [1.29, 1.82) is 0 Å². The lowest BCUT2D eigenvalue weighted by Crippen LogP contribution is -2.58. The smallest absolute Gasteiger partial charge is 0.302 e. The minimum atomic E-state index is -5.32. The molecule has 0 saturated heterocycles. The zero-order valence-corrected chi connectivity index (χ0v) is 16.3. The number of para-hydroxylation sites is 2. The van der Waals surface area contributed by atoms with Gasteiger partial charge < -0.3 is 10.2 Å². The van der Waals surface area contributed by atoms with Gasteiger partial charge in [-0.1, -0.05) is 36.4 Å². The van der Waals surface area contributed by atoms with Gasteiger partial charge in [-0.15, -0.1) is 0 Å². The van der Waals surface area contributed by atoms with Gasteiger partial charge in [-0.05, 0) is 24.3 Å². The highest BCUT2D eigenvalue weighted by Gasteiger charge is 2.43. The van der Waals surface area contributed by atoms with E-state index in [-0.39, 0.29) is 11.1 Å². The molecule has 10 nitrogen and oxygen atoms in total. The van der Waals surface area contributed by atoms with E-state index < -0.39 is 47.2 Å². The maximum atomic E-state index is 12.1. The minimum absolute atomic E-state index is 0.113. The molecule has 0 heterocycles. The lowest BCUT2D eigenvalue weighted by atomic mass is 10.0. The monoisotopic (exact) mass is 442 g/mol. The van der Waals surface area contributed by atoms with Crippen molar-refractivity contribution >= 4 is 32.4 Å². The normalized spacial score (nSPS) is 14.1. The fraction of sp³-hybridized carbons (Fsp3) is 0.0588. The SMILES string of the molecule is NC(N)(C(=C/c1ccccc1O)/C(=C/c1ccccc1O)S(=O)(=O)O)S(=O)(=O)O. The van der Waals surface area contributed by atoms with Crippen LogP contribution < -0.4 is 11.5 Å². The van der Waals surface area contributed by atoms with E-state index in [2.05, 4.69) is 0 Å². The van der Waals surface area contributed by atoms with Crippen LogP contribution in [0.1, 0.15) is 11.1 Å². The first-order valence-electron chi connectivity index (χ1n) is 7.77. The number of phenolic OH excluding ortho intramolecular Hbond substituents is 2. The van der Waals surface area contributed by atoms with Gasteiger partial charge in [0.2, 0.25) is 4.99 Å². The van der Waals surface area contributed by atoms with Gasteiger partial charge in [0.15, 0.2) is 0 Å². The third-order valence-corrected chi connectivity index (χ3v) is 5.82. The molecule has 0 fully saturated rings. The second kappa shape index (κ2) is 7.94. The van der Waals surface area contributed by atoms with Crippen LogP contribution in [0, 0.1) is 0 Å². The van der Waals surface area contributed by atoms with Crippen LogP contribution >= 0.6 is 0 Å². The Morgan fingerprint density at radius 3 is 1.59 bits per heavy atom. The second-order valence-electron chi connectivity index (χ2n) is 5.93. The summed E-state index contributed by atoms with van der Waals surface area (Å²) in [6, 6.07) is 10.7. The lowest BCUT2D eigenvalue weighted by Gasteiger charge is -2.25. The predicted octanol–water partition coefficient (Wildman–Crippen LogP) is 0.869. The van der Waals surface area contributed by atoms with Crippen molar-refractivity contribution in [3.8, 4) is 11.5 Å². The third kappa shape index (κ3) is 5.00. The molecule has 0 bridgehead atoms. The average Bonchev–Trinajstić information content (AvgIpc) is 2.59. The highest BCUT2D eigenvalue weighted by Crippen LogP contribution is 2.33. The molecule has 0 aliphatic rings. The van der Waals surface area contributed by atoms with Gasteiger partial charge in [0, 0.05) is 16.7 Å². The van der Waals surface area contributed by atoms with Gasteiger partial charge in [0.05, 0.1) is 0 Å². The summed E-state index contributed by atoms with van der Waals surface area (Å²) >= 11 is 0. The van der Waals surface area contributed by atoms with Crippen molar-refractivity contribution in [2.45, 2.75) is 4.99 Å². The van der Waals surface area contributed by atoms with E-state index in [0.717, 1.165) is 12.2 Å². The molecule has 8 N–H and O–H groups in total. The first kappa shape index (κ1) is 22.5. The lowest BCUT2D eigenvalue weighted by molar-refractivity contribution is 0.446. The van der Waals surface area contributed by atoms with Crippen LogP contribution in [0.15, 0.2) is 59.0 Å². The molecular weight excluding hydrogens is 424 g/mol. The molecule has 0 saturated carbocycles. The van der Waals surface area contributed by atoms with Crippen molar-refractivity contribution in [3.05, 3.63) is 70.1 Å². The molecule has 0 radical (unpaired) electrons. The minimum Gasteiger partial charge on any atom is -0.507 e. The molecule has 2 aromatic rings. The molecule has 2 aromatic carbocycles. The standard InChI is InChI=1S/C17H18N2O8S2/c18-17(19,29(25,26)27)13(9-11-5-1-3-7-14(11)20)16(28(22,23)24)10-12-6-2-4-8-15(12)21/h1-10,20-21H,18-19H2,(H,22,23,24)(H,25,26,27)/b13-9+,16-10-. The second-order valence-corrected chi connectivity index (χ2v) is 8.94. The van der Waals surface area contributed by atoms with Crippen molar-refractivity contribution in [1.82, 2.24) is 0 Å². The summed E-state index contributed by atoms with van der Waals surface area (Å²) in [5, 5.41) is 19.8. The summed E-state index contributed by atoms with van der Waals surface area (Å²) < 4.78 is 66.8. The predicted molar refractivity (Wildman–Crippen MR) is 106 cm³/mol. The number of phenols is 2. The Morgan fingerprint density at radius 1 is 0.793 bits per heavy atom. The van der Waals surface area contributed by atoms with E-state index in [0.29, 0.717) is 0 Å². The Bertz CT molecular complexity index is 1200. The van der Waals surface area contributed by atoms with Gasteiger partial charge in [0.25, 0.3) is 10.1 Å². The highest BCUT2D eigenvalue weighted by molar-refractivity contribution is 7.90. The van der Waals surface area contributed by atoms with Crippen LogP contribution in [0.2, 0.25) is 0 Å². The molecule has 2 rings (SSSR count). The Labute approximate surface area is 166 Å². The van der Waals surface area contributed by atoms with Crippen LogP contribution in [-0.4, -0.2) is 41.1 Å². The Morgan fingerprint density at radius 2 is 1.21 bits per heavy atom. The zero-order chi connectivity index (χ0) is 22.0. The molecule has 156 valence electrons. The van der Waals surface area contributed by atoms with E-state index in [1.54, 1.807) is 0 Å². The largest absolute Gasteiger partial charge is 0.507 e. The topological polar surface area (TPSA) is 201 Å². The zero-order valence-electron chi connectivity index (χ0n) is 14.7. The van der Waals surface area contributed by atoms with E-state index >= 15 is 0 Å². The van der Waals surface area contributed by atoms with Gasteiger partial charge >= 0.3 is 10.1 Å². The molecule has 0 spiro atoms. The summed E-state index contributed by atoms with van der Waals surface area (Å²) in [5.41, 5.74) is 9.86. The Balaban J connectivity index is 2.94. The molecule has 0 aromatic heterocycles. The van der Waals surface area contributed by atoms with E-state index in [1.807, 2.05) is 0 Å². The molecule has 0 atom stereocenters. The van der Waals surface area contributed by atoms with Crippen molar-refractivity contribution in [2.75, 3.05) is 0 Å². The quantitative estimate of drug-likeness (QED) is 0.212.